The molecule has 0 amide bonds. The molecule has 0 heterocycles. The molecule has 1 nitrogen and oxygen atoms in total. The van der Waals surface area contributed by atoms with Gasteiger partial charge >= 0.3 is 96.2 Å². The van der Waals surface area contributed by atoms with Crippen molar-refractivity contribution in [1.82, 2.24) is 0 Å². The zero-order valence-corrected chi connectivity index (χ0v) is 10.3. The van der Waals surface area contributed by atoms with Crippen LogP contribution in [0, 0.1) is 0 Å². The molecule has 0 atom stereocenters. The van der Waals surface area contributed by atoms with Crippen LogP contribution < -0.4 is 0 Å². The first-order valence-corrected chi connectivity index (χ1v) is 5.76. The van der Waals surface area contributed by atoms with Crippen molar-refractivity contribution in [3.63, 3.8) is 0 Å². The minimum atomic E-state index is 0.938. The van der Waals surface area contributed by atoms with Gasteiger partial charge in [0, 0.05) is 0 Å². The summed E-state index contributed by atoms with van der Waals surface area (Å²) < 4.78 is 5.08. The van der Waals surface area contributed by atoms with E-state index in [-0.39, 0.29) is 0 Å². The first-order valence-electron chi connectivity index (χ1n) is 4.76. The summed E-state index contributed by atoms with van der Waals surface area (Å²) in [5.41, 5.74) is 1.45. The second-order valence-corrected chi connectivity index (χ2v) is 3.85. The van der Waals surface area contributed by atoms with Gasteiger partial charge in [-0.2, -0.15) is 0 Å². The van der Waals surface area contributed by atoms with E-state index in [1.807, 2.05) is 0 Å². The minimum absolute atomic E-state index is 0.938. The first kappa shape index (κ1) is 11.1. The normalized spacial score (nSPS) is 10.1. The maximum atomic E-state index is 5.08. The molecule has 1 rings (SSSR count). The fourth-order valence-corrected chi connectivity index (χ4v) is 1.68. The van der Waals surface area contributed by atoms with Crippen LogP contribution >= 0.6 is 0 Å². The number of unbranched alkanes of at least 4 members (excludes halogenated alkanes) is 2. The van der Waals surface area contributed by atoms with Crippen LogP contribution in [0.15, 0.2) is 30.3 Å². The van der Waals surface area contributed by atoms with Crippen molar-refractivity contribution in [3.05, 3.63) is 35.9 Å². The number of hydrogen-bond donors (Lipinski definition) is 0. The molecule has 0 aliphatic rings. The molecular formula is C11H15OZr. The van der Waals surface area contributed by atoms with E-state index in [2.05, 4.69) is 30.3 Å². The van der Waals surface area contributed by atoms with Crippen LogP contribution in [0.2, 0.25) is 0 Å². The van der Waals surface area contributed by atoms with Gasteiger partial charge in [0.1, 0.15) is 0 Å². The van der Waals surface area contributed by atoms with Crippen molar-refractivity contribution < 1.29 is 28.0 Å². The average Bonchev–Trinajstić information content (AvgIpc) is 2.19. The fourth-order valence-electron chi connectivity index (χ4n) is 1.32. The molecule has 13 heavy (non-hydrogen) atoms. The summed E-state index contributed by atoms with van der Waals surface area (Å²) >= 11 is 1.19. The van der Waals surface area contributed by atoms with E-state index >= 15 is 0 Å². The Morgan fingerprint density at radius 2 is 1.77 bits per heavy atom. The Morgan fingerprint density at radius 3 is 2.46 bits per heavy atom. The quantitative estimate of drug-likeness (QED) is 0.709. The fraction of sp³-hybridized carbons (Fsp3) is 0.455. The van der Waals surface area contributed by atoms with Crippen LogP contribution in [-0.2, 0) is 34.4 Å². The summed E-state index contributed by atoms with van der Waals surface area (Å²) in [5, 5.41) is 0. The van der Waals surface area contributed by atoms with E-state index in [9.17, 15) is 0 Å². The number of aryl methyl sites for hydroxylation is 1. The van der Waals surface area contributed by atoms with E-state index in [1.165, 1.54) is 56.4 Å². The van der Waals surface area contributed by atoms with E-state index < -0.39 is 0 Å². The Labute approximate surface area is 96.0 Å². The van der Waals surface area contributed by atoms with Crippen LogP contribution in [-0.4, -0.2) is 6.61 Å². The van der Waals surface area contributed by atoms with Crippen molar-refractivity contribution in [2.45, 2.75) is 25.7 Å². The number of benzene rings is 1. The zero-order chi connectivity index (χ0) is 9.36. The molecule has 0 bridgehead atoms. The molecule has 0 saturated heterocycles. The second kappa shape index (κ2) is 7.47. The van der Waals surface area contributed by atoms with Gasteiger partial charge in [-0.15, -0.1) is 0 Å². The van der Waals surface area contributed by atoms with Crippen LogP contribution in [0.1, 0.15) is 24.8 Å². The van der Waals surface area contributed by atoms with Crippen LogP contribution in [0.3, 0.4) is 0 Å². The second-order valence-electron chi connectivity index (χ2n) is 3.14. The third kappa shape index (κ3) is 5.38. The third-order valence-corrected chi connectivity index (χ3v) is 2.56. The molecule has 0 N–H and O–H groups in total. The molecule has 2 heteroatoms. The monoisotopic (exact) mass is 253 g/mol. The molecule has 0 fully saturated rings. The predicted molar refractivity (Wildman–Crippen MR) is 49.9 cm³/mol. The number of hydrogen-bond acceptors (Lipinski definition) is 1. The van der Waals surface area contributed by atoms with Gasteiger partial charge in [-0.1, -0.05) is 0 Å². The van der Waals surface area contributed by atoms with E-state index in [0.29, 0.717) is 0 Å². The molecule has 1 aromatic carbocycles. The molecular weight excluding hydrogens is 239 g/mol. The van der Waals surface area contributed by atoms with Gasteiger partial charge in [0.15, 0.2) is 0 Å². The van der Waals surface area contributed by atoms with Crippen molar-refractivity contribution in [2.24, 2.45) is 0 Å². The molecule has 0 radical (unpaired) electrons. The molecule has 0 saturated carbocycles. The Kier molecular flexibility index (Phi) is 6.40. The summed E-state index contributed by atoms with van der Waals surface area (Å²) in [7, 11) is 0. The average molecular weight is 254 g/mol. The van der Waals surface area contributed by atoms with E-state index in [1.54, 1.807) is 0 Å². The standard InChI is InChI=1S/C11H15O.Zr/c12-10-6-2-5-9-11-7-3-1-4-8-11;/h1,3-4,7-8H,2,5-6,9-10H2;/q-1;+1. The SMILES string of the molecule is [Zr][O]CCCCCc1ccccc1. The van der Waals surface area contributed by atoms with Gasteiger partial charge in [0.2, 0.25) is 0 Å². The Morgan fingerprint density at radius 1 is 1.00 bits per heavy atom. The molecule has 0 aromatic heterocycles. The molecule has 0 aliphatic carbocycles. The summed E-state index contributed by atoms with van der Waals surface area (Å²) in [6.45, 7) is 0.938. The van der Waals surface area contributed by atoms with Gasteiger partial charge in [0.05, 0.1) is 0 Å². The van der Waals surface area contributed by atoms with E-state index in [4.69, 9.17) is 2.81 Å². The van der Waals surface area contributed by atoms with Crippen molar-refractivity contribution in [2.75, 3.05) is 6.61 Å². The molecule has 0 unspecified atom stereocenters. The van der Waals surface area contributed by atoms with Crippen LogP contribution in [0.25, 0.3) is 0 Å². The Bertz CT molecular complexity index is 211. The van der Waals surface area contributed by atoms with Gasteiger partial charge in [-0.3, -0.25) is 0 Å². The summed E-state index contributed by atoms with van der Waals surface area (Å²) in [4.78, 5) is 0. The Balaban J connectivity index is 2.07. The van der Waals surface area contributed by atoms with Gasteiger partial charge in [-0.25, -0.2) is 0 Å². The summed E-state index contributed by atoms with van der Waals surface area (Å²) in [6, 6.07) is 10.7. The summed E-state index contributed by atoms with van der Waals surface area (Å²) in [6.07, 6.45) is 4.97. The first-order chi connectivity index (χ1) is 6.43. The number of rotatable bonds is 6. The van der Waals surface area contributed by atoms with Gasteiger partial charge in [0.25, 0.3) is 0 Å². The van der Waals surface area contributed by atoms with Crippen molar-refractivity contribution in [3.8, 4) is 0 Å². The van der Waals surface area contributed by atoms with Crippen molar-refractivity contribution in [1.29, 1.82) is 0 Å². The Hall–Kier alpha value is 0.0631. The zero-order valence-electron chi connectivity index (χ0n) is 7.83. The van der Waals surface area contributed by atoms with Crippen LogP contribution in [0.4, 0.5) is 0 Å². The third-order valence-electron chi connectivity index (χ3n) is 2.05. The van der Waals surface area contributed by atoms with Crippen molar-refractivity contribution >= 4 is 0 Å². The van der Waals surface area contributed by atoms with Gasteiger partial charge < -0.3 is 0 Å². The molecule has 0 aliphatic heterocycles. The maximum absolute atomic E-state index is 5.08. The molecule has 0 spiro atoms. The summed E-state index contributed by atoms with van der Waals surface area (Å²) in [5.74, 6) is 0. The topological polar surface area (TPSA) is 9.23 Å². The molecule has 1 aromatic rings. The van der Waals surface area contributed by atoms with Gasteiger partial charge in [-0.05, 0) is 0 Å². The van der Waals surface area contributed by atoms with Crippen LogP contribution in [0.5, 0.6) is 0 Å². The van der Waals surface area contributed by atoms with E-state index in [0.717, 1.165) is 6.61 Å². The predicted octanol–water partition coefficient (Wildman–Crippen LogP) is 2.88. The molecule has 69 valence electrons.